The van der Waals surface area contributed by atoms with E-state index in [-0.39, 0.29) is 6.10 Å². The van der Waals surface area contributed by atoms with Crippen molar-refractivity contribution in [3.05, 3.63) is 59.5 Å². The minimum absolute atomic E-state index is 0.126. The second-order valence-corrected chi connectivity index (χ2v) is 9.74. The highest BCUT2D eigenvalue weighted by molar-refractivity contribution is 6.33. The molecule has 0 saturated heterocycles. The second-order valence-electron chi connectivity index (χ2n) is 9.34. The van der Waals surface area contributed by atoms with Gasteiger partial charge in [-0.1, -0.05) is 17.7 Å². The summed E-state index contributed by atoms with van der Waals surface area (Å²) in [4.78, 5) is 21.9. The molecule has 1 unspecified atom stereocenters. The normalized spacial score (nSPS) is 15.4. The van der Waals surface area contributed by atoms with Gasteiger partial charge in [0.15, 0.2) is 6.40 Å². The molecule has 1 atom stereocenters. The maximum absolute atomic E-state index is 13.3. The van der Waals surface area contributed by atoms with Crippen molar-refractivity contribution in [2.24, 2.45) is 12.0 Å². The zero-order chi connectivity index (χ0) is 24.7. The number of carbonyl (C=O) groups excluding carboxylic acids is 1. The largest absolute Gasteiger partial charge is 0.474 e. The van der Waals surface area contributed by atoms with E-state index >= 15 is 0 Å². The van der Waals surface area contributed by atoms with Gasteiger partial charge < -0.3 is 14.8 Å². The van der Waals surface area contributed by atoms with E-state index < -0.39 is 11.7 Å². The summed E-state index contributed by atoms with van der Waals surface area (Å²) < 4.78 is 14.4. The number of anilines is 2. The van der Waals surface area contributed by atoms with E-state index in [4.69, 9.17) is 21.1 Å². The topological polar surface area (TPSA) is 95.6 Å². The number of aromatic nitrogens is 4. The lowest BCUT2D eigenvalue weighted by Crippen LogP contribution is -2.27. The summed E-state index contributed by atoms with van der Waals surface area (Å²) in [7, 11) is 1.83. The maximum atomic E-state index is 13.3. The molecule has 10 heteroatoms. The lowest BCUT2D eigenvalue weighted by molar-refractivity contribution is 0.0547. The number of rotatable bonds is 4. The molecule has 1 N–H and O–H groups in total. The second kappa shape index (κ2) is 8.74. The molecule has 0 fully saturated rings. The predicted octanol–water partition coefficient (Wildman–Crippen LogP) is 5.72. The number of carbonyl (C=O) groups is 1. The van der Waals surface area contributed by atoms with Gasteiger partial charge in [-0.2, -0.15) is 5.10 Å². The molecule has 0 radical (unpaired) electrons. The van der Waals surface area contributed by atoms with Crippen LogP contribution in [0.5, 0.6) is 0 Å². The van der Waals surface area contributed by atoms with Gasteiger partial charge in [0.25, 0.3) is 0 Å². The SMILES string of the molecule is Cn1cc(-c2cc3cnc(Nc4ccc(C5CN=CO5)cc4Cl)cc3n2C(=O)OC(C)(C)C)cn1. The van der Waals surface area contributed by atoms with Gasteiger partial charge in [0.05, 0.1) is 34.7 Å². The molecule has 5 rings (SSSR count). The number of halogens is 1. The van der Waals surface area contributed by atoms with Gasteiger partial charge in [0.2, 0.25) is 0 Å². The molecule has 0 saturated carbocycles. The van der Waals surface area contributed by atoms with Crippen molar-refractivity contribution in [1.29, 1.82) is 0 Å². The van der Waals surface area contributed by atoms with Crippen molar-refractivity contribution in [2.75, 3.05) is 11.9 Å². The average Bonchev–Trinajstić information content (AvgIpc) is 3.53. The molecule has 180 valence electrons. The van der Waals surface area contributed by atoms with Crippen LogP contribution in [0.1, 0.15) is 32.4 Å². The highest BCUT2D eigenvalue weighted by Gasteiger charge is 2.24. The van der Waals surface area contributed by atoms with Crippen LogP contribution in [0.3, 0.4) is 0 Å². The Bertz CT molecular complexity index is 1440. The van der Waals surface area contributed by atoms with Gasteiger partial charge in [-0.15, -0.1) is 0 Å². The molecule has 9 nitrogen and oxygen atoms in total. The van der Waals surface area contributed by atoms with E-state index in [0.717, 1.165) is 16.5 Å². The highest BCUT2D eigenvalue weighted by Crippen LogP contribution is 2.33. The fourth-order valence-corrected chi connectivity index (χ4v) is 4.13. The number of benzene rings is 1. The van der Waals surface area contributed by atoms with Crippen LogP contribution in [0, 0.1) is 0 Å². The number of nitrogens with zero attached hydrogens (tertiary/aromatic N) is 5. The lowest BCUT2D eigenvalue weighted by atomic mass is 10.1. The Kier molecular flexibility index (Phi) is 5.72. The van der Waals surface area contributed by atoms with Gasteiger partial charge in [-0.05, 0) is 44.5 Å². The quantitative estimate of drug-likeness (QED) is 0.391. The molecule has 0 spiro atoms. The van der Waals surface area contributed by atoms with E-state index in [1.807, 2.05) is 58.3 Å². The molecule has 3 aromatic heterocycles. The third-order valence-corrected chi connectivity index (χ3v) is 5.77. The molecule has 0 amide bonds. The number of aliphatic imine (C=N–C) groups is 1. The van der Waals surface area contributed by atoms with Crippen molar-refractivity contribution in [2.45, 2.75) is 32.5 Å². The van der Waals surface area contributed by atoms with E-state index in [1.54, 1.807) is 27.7 Å². The molecule has 4 heterocycles. The maximum Gasteiger partial charge on any atom is 0.419 e. The summed E-state index contributed by atoms with van der Waals surface area (Å²) >= 11 is 6.54. The number of nitrogens with one attached hydrogen (secondary N) is 1. The number of fused-ring (bicyclic) bond motifs is 1. The Hall–Kier alpha value is -3.85. The molecular formula is C25H25ClN6O3. The third-order valence-electron chi connectivity index (χ3n) is 5.46. The monoisotopic (exact) mass is 492 g/mol. The Labute approximate surface area is 207 Å². The summed E-state index contributed by atoms with van der Waals surface area (Å²) in [5, 5.41) is 8.82. The lowest BCUT2D eigenvalue weighted by Gasteiger charge is -2.21. The van der Waals surface area contributed by atoms with Gasteiger partial charge in [-0.25, -0.2) is 14.3 Å². The fourth-order valence-electron chi connectivity index (χ4n) is 3.89. The molecule has 1 aromatic carbocycles. The zero-order valence-electron chi connectivity index (χ0n) is 19.8. The van der Waals surface area contributed by atoms with Crippen LogP contribution in [0.25, 0.3) is 22.2 Å². The summed E-state index contributed by atoms with van der Waals surface area (Å²) in [6, 6.07) is 9.37. The number of hydrogen-bond donors (Lipinski definition) is 1. The van der Waals surface area contributed by atoms with E-state index in [2.05, 4.69) is 20.4 Å². The Balaban J connectivity index is 1.52. The molecule has 4 aromatic rings. The van der Waals surface area contributed by atoms with E-state index in [1.165, 1.54) is 6.40 Å². The minimum atomic E-state index is -0.655. The standard InChI is InChI=1S/C25H25ClN6O3/c1-25(2,3)35-24(33)32-20(17-11-29-31(4)13-17)8-16-10-28-23(9-21(16)32)30-19-6-5-15(7-18(19)26)22-12-27-14-34-22/h5-11,13-14,22H,12H2,1-4H3,(H,28,30). The minimum Gasteiger partial charge on any atom is -0.474 e. The van der Waals surface area contributed by atoms with Gasteiger partial charge in [0, 0.05) is 36.5 Å². The molecule has 1 aliphatic heterocycles. The average molecular weight is 493 g/mol. The first kappa shape index (κ1) is 22.9. The van der Waals surface area contributed by atoms with Crippen LogP contribution in [0.4, 0.5) is 16.3 Å². The first-order valence-corrected chi connectivity index (χ1v) is 11.5. The Morgan fingerprint density at radius 2 is 2.06 bits per heavy atom. The van der Waals surface area contributed by atoms with Crippen LogP contribution < -0.4 is 5.32 Å². The smallest absolute Gasteiger partial charge is 0.419 e. The van der Waals surface area contributed by atoms with Crippen LogP contribution >= 0.6 is 11.6 Å². The van der Waals surface area contributed by atoms with Crippen molar-refractivity contribution in [3.8, 4) is 11.3 Å². The first-order valence-electron chi connectivity index (χ1n) is 11.1. The van der Waals surface area contributed by atoms with Crippen LogP contribution in [-0.2, 0) is 16.5 Å². The number of pyridine rings is 1. The number of hydrogen-bond acceptors (Lipinski definition) is 7. The van der Waals surface area contributed by atoms with Crippen molar-refractivity contribution in [1.82, 2.24) is 19.3 Å². The van der Waals surface area contributed by atoms with Gasteiger partial charge in [-0.3, -0.25) is 9.67 Å². The fraction of sp³-hybridized carbons (Fsp3) is 0.280. The number of aryl methyl sites for hydroxylation is 1. The first-order chi connectivity index (χ1) is 16.7. The molecular weight excluding hydrogens is 468 g/mol. The molecule has 35 heavy (non-hydrogen) atoms. The predicted molar refractivity (Wildman–Crippen MR) is 135 cm³/mol. The van der Waals surface area contributed by atoms with Crippen LogP contribution in [0.2, 0.25) is 5.02 Å². The Morgan fingerprint density at radius 3 is 2.71 bits per heavy atom. The third kappa shape index (κ3) is 4.72. The van der Waals surface area contributed by atoms with Crippen LogP contribution in [-0.4, -0.2) is 44.0 Å². The number of ether oxygens (including phenoxy) is 2. The highest BCUT2D eigenvalue weighted by atomic mass is 35.5. The van der Waals surface area contributed by atoms with Crippen molar-refractivity contribution >= 4 is 46.5 Å². The molecule has 1 aliphatic rings. The summed E-state index contributed by atoms with van der Waals surface area (Å²) in [5.41, 5.74) is 3.09. The Morgan fingerprint density at radius 1 is 1.23 bits per heavy atom. The summed E-state index contributed by atoms with van der Waals surface area (Å²) in [6.45, 7) is 6.08. The van der Waals surface area contributed by atoms with Gasteiger partial charge in [0.1, 0.15) is 17.5 Å². The van der Waals surface area contributed by atoms with E-state index in [9.17, 15) is 4.79 Å². The molecule has 0 bridgehead atoms. The summed E-state index contributed by atoms with van der Waals surface area (Å²) in [6.07, 6.45) is 6.13. The molecule has 0 aliphatic carbocycles. The summed E-state index contributed by atoms with van der Waals surface area (Å²) in [5.74, 6) is 0.535. The van der Waals surface area contributed by atoms with Crippen molar-refractivity contribution in [3.63, 3.8) is 0 Å². The van der Waals surface area contributed by atoms with Crippen molar-refractivity contribution < 1.29 is 14.3 Å². The van der Waals surface area contributed by atoms with Gasteiger partial charge >= 0.3 is 6.09 Å². The van der Waals surface area contributed by atoms with Crippen LogP contribution in [0.15, 0.2) is 53.9 Å². The van der Waals surface area contributed by atoms with E-state index in [0.29, 0.717) is 34.3 Å². The zero-order valence-corrected chi connectivity index (χ0v) is 20.6.